The van der Waals surface area contributed by atoms with Gasteiger partial charge in [-0.05, 0) is 68.3 Å². The highest BCUT2D eigenvalue weighted by Gasteiger charge is 2.49. The smallest absolute Gasteiger partial charge is 0.0714 e. The third-order valence-corrected chi connectivity index (χ3v) is 11.6. The number of rotatable bonds is 4. The number of fused-ring (bicyclic) bond motifs is 6. The SMILES string of the molecule is Clc1ccc2c3c1-c1ccccc1-n1c4ccccc4c4ccc(c-3c41)C2(c1ccc(-c2ccccc2)cc1)c1ccc(-c2ccccc2)cc1. The quantitative estimate of drug-likeness (QED) is 0.176. The van der Waals surface area contributed by atoms with Crippen molar-refractivity contribution in [3.8, 4) is 50.2 Å². The first-order valence-corrected chi connectivity index (χ1v) is 17.9. The van der Waals surface area contributed by atoms with E-state index in [4.69, 9.17) is 11.6 Å². The maximum atomic E-state index is 7.35. The van der Waals surface area contributed by atoms with Gasteiger partial charge in [-0.15, -0.1) is 0 Å². The van der Waals surface area contributed by atoms with Gasteiger partial charge in [-0.25, -0.2) is 0 Å². The Kier molecular flexibility index (Phi) is 6.00. The molecule has 238 valence electrons. The number of hydrogen-bond donors (Lipinski definition) is 0. The molecule has 11 rings (SSSR count). The van der Waals surface area contributed by atoms with Crippen LogP contribution in [0, 0.1) is 0 Å². The maximum absolute atomic E-state index is 7.35. The second kappa shape index (κ2) is 10.7. The fourth-order valence-electron chi connectivity index (χ4n) is 9.19. The molecule has 0 bridgehead atoms. The molecule has 2 aliphatic rings. The Bertz CT molecular complexity index is 2740. The average molecular weight is 668 g/mol. The number of para-hydroxylation sites is 2. The summed E-state index contributed by atoms with van der Waals surface area (Å²) in [5.41, 5.74) is 17.6. The molecule has 0 saturated heterocycles. The Morgan fingerprint density at radius 2 is 0.922 bits per heavy atom. The van der Waals surface area contributed by atoms with Crippen molar-refractivity contribution in [2.24, 2.45) is 0 Å². The summed E-state index contributed by atoms with van der Waals surface area (Å²) in [6, 6.07) is 66.6. The Morgan fingerprint density at radius 1 is 0.392 bits per heavy atom. The lowest BCUT2D eigenvalue weighted by Crippen LogP contribution is -2.28. The van der Waals surface area contributed by atoms with Crippen molar-refractivity contribution in [3.05, 3.63) is 209 Å². The van der Waals surface area contributed by atoms with Gasteiger partial charge in [0.25, 0.3) is 0 Å². The van der Waals surface area contributed by atoms with Gasteiger partial charge in [0.2, 0.25) is 0 Å². The van der Waals surface area contributed by atoms with Crippen molar-refractivity contribution in [2.45, 2.75) is 5.41 Å². The molecule has 0 atom stereocenters. The molecule has 0 amide bonds. The van der Waals surface area contributed by atoms with Crippen molar-refractivity contribution in [2.75, 3.05) is 0 Å². The molecule has 8 aromatic carbocycles. The predicted molar refractivity (Wildman–Crippen MR) is 213 cm³/mol. The van der Waals surface area contributed by atoms with Crippen molar-refractivity contribution in [1.82, 2.24) is 4.57 Å². The highest BCUT2D eigenvalue weighted by molar-refractivity contribution is 6.35. The largest absolute Gasteiger partial charge is 0.308 e. The monoisotopic (exact) mass is 667 g/mol. The Labute approximate surface area is 301 Å². The molecular formula is C49H30ClN. The Morgan fingerprint density at radius 3 is 1.59 bits per heavy atom. The van der Waals surface area contributed by atoms with Crippen LogP contribution in [-0.2, 0) is 5.41 Å². The molecular weight excluding hydrogens is 638 g/mol. The van der Waals surface area contributed by atoms with Gasteiger partial charge in [0.05, 0.1) is 22.1 Å². The maximum Gasteiger partial charge on any atom is 0.0714 e. The molecule has 0 radical (unpaired) electrons. The zero-order valence-electron chi connectivity index (χ0n) is 27.6. The van der Waals surface area contributed by atoms with E-state index in [1.807, 2.05) is 0 Å². The predicted octanol–water partition coefficient (Wildman–Crippen LogP) is 13.1. The van der Waals surface area contributed by atoms with Crippen molar-refractivity contribution in [1.29, 1.82) is 0 Å². The van der Waals surface area contributed by atoms with Crippen molar-refractivity contribution < 1.29 is 0 Å². The van der Waals surface area contributed by atoms with Gasteiger partial charge < -0.3 is 4.57 Å². The summed E-state index contributed by atoms with van der Waals surface area (Å²) in [5, 5.41) is 3.29. The topological polar surface area (TPSA) is 4.93 Å². The lowest BCUT2D eigenvalue weighted by atomic mass is 9.67. The summed E-state index contributed by atoms with van der Waals surface area (Å²) >= 11 is 7.35. The minimum absolute atomic E-state index is 0.587. The standard InChI is InChI=1S/C49H30ClN/c50-42-30-29-40-46-45(42)39-16-8-10-18-44(39)51-43-17-9-7-15-37(43)38-27-28-41(47(46)48(38)51)49(40,35-23-19-33(20-24-35)31-11-3-1-4-12-31)36-25-21-34(22-26-36)32-13-5-2-6-14-32/h1-30H. The number of halogens is 1. The molecule has 51 heavy (non-hydrogen) atoms. The molecule has 0 fully saturated rings. The molecule has 1 aliphatic heterocycles. The summed E-state index contributed by atoms with van der Waals surface area (Å²) in [7, 11) is 0. The van der Waals surface area contributed by atoms with Crippen LogP contribution >= 0.6 is 11.6 Å². The van der Waals surface area contributed by atoms with Gasteiger partial charge in [-0.1, -0.05) is 175 Å². The fourth-order valence-corrected chi connectivity index (χ4v) is 9.45. The average Bonchev–Trinajstić information content (AvgIpc) is 3.64. The molecule has 0 spiro atoms. The molecule has 0 saturated carbocycles. The number of hydrogen-bond acceptors (Lipinski definition) is 0. The van der Waals surface area contributed by atoms with Crippen molar-refractivity contribution in [3.63, 3.8) is 0 Å². The van der Waals surface area contributed by atoms with E-state index < -0.39 is 5.41 Å². The third kappa shape index (κ3) is 3.82. The van der Waals surface area contributed by atoms with Crippen LogP contribution in [0.1, 0.15) is 22.3 Å². The minimum atomic E-state index is -0.587. The first-order valence-electron chi connectivity index (χ1n) is 17.5. The van der Waals surface area contributed by atoms with Crippen LogP contribution in [0.4, 0.5) is 0 Å². The lowest BCUT2D eigenvalue weighted by Gasteiger charge is -2.34. The third-order valence-electron chi connectivity index (χ3n) is 11.3. The van der Waals surface area contributed by atoms with Crippen LogP contribution in [-0.4, -0.2) is 4.57 Å². The molecule has 1 aromatic heterocycles. The molecule has 1 nitrogen and oxygen atoms in total. The normalized spacial score (nSPS) is 13.4. The van der Waals surface area contributed by atoms with Crippen LogP contribution in [0.25, 0.3) is 72.0 Å². The summed E-state index contributed by atoms with van der Waals surface area (Å²) < 4.78 is 2.49. The molecule has 9 aromatic rings. The van der Waals surface area contributed by atoms with Gasteiger partial charge >= 0.3 is 0 Å². The van der Waals surface area contributed by atoms with E-state index in [1.54, 1.807) is 0 Å². The first kappa shape index (κ1) is 28.7. The molecule has 2 heterocycles. The summed E-state index contributed by atoms with van der Waals surface area (Å²) in [4.78, 5) is 0. The molecule has 0 unspecified atom stereocenters. The van der Waals surface area contributed by atoms with E-state index in [9.17, 15) is 0 Å². The van der Waals surface area contributed by atoms with E-state index in [-0.39, 0.29) is 0 Å². The Balaban J connectivity index is 1.29. The number of benzene rings is 8. The van der Waals surface area contributed by atoms with Gasteiger partial charge in [-0.2, -0.15) is 0 Å². The number of aromatic nitrogens is 1. The molecule has 2 heteroatoms. The van der Waals surface area contributed by atoms with Crippen LogP contribution in [0.2, 0.25) is 5.02 Å². The van der Waals surface area contributed by atoms with Gasteiger partial charge in [0.1, 0.15) is 0 Å². The molecule has 0 N–H and O–H groups in total. The summed E-state index contributed by atoms with van der Waals surface area (Å²) in [6.45, 7) is 0. The van der Waals surface area contributed by atoms with E-state index >= 15 is 0 Å². The van der Waals surface area contributed by atoms with E-state index in [1.165, 1.54) is 77.4 Å². The second-order valence-corrected chi connectivity index (χ2v) is 14.1. The van der Waals surface area contributed by atoms with E-state index in [0.717, 1.165) is 21.8 Å². The van der Waals surface area contributed by atoms with Crippen LogP contribution in [0.5, 0.6) is 0 Å². The molecule has 1 aliphatic carbocycles. The zero-order valence-corrected chi connectivity index (χ0v) is 28.4. The van der Waals surface area contributed by atoms with E-state index in [0.29, 0.717) is 0 Å². The minimum Gasteiger partial charge on any atom is -0.308 e. The first-order chi connectivity index (χ1) is 25.2. The lowest BCUT2D eigenvalue weighted by molar-refractivity contribution is 0.769. The van der Waals surface area contributed by atoms with Crippen LogP contribution in [0.3, 0.4) is 0 Å². The second-order valence-electron chi connectivity index (χ2n) is 13.7. The highest BCUT2D eigenvalue weighted by atomic mass is 35.5. The van der Waals surface area contributed by atoms with Crippen LogP contribution < -0.4 is 0 Å². The zero-order chi connectivity index (χ0) is 33.7. The summed E-state index contributed by atoms with van der Waals surface area (Å²) in [6.07, 6.45) is 0. The van der Waals surface area contributed by atoms with E-state index in [2.05, 4.69) is 187 Å². The van der Waals surface area contributed by atoms with Crippen LogP contribution in [0.15, 0.2) is 182 Å². The summed E-state index contributed by atoms with van der Waals surface area (Å²) in [5.74, 6) is 0. The fraction of sp³-hybridized carbons (Fsp3) is 0.0204. The Hall–Kier alpha value is -6.15. The highest BCUT2D eigenvalue weighted by Crippen LogP contribution is 2.63. The van der Waals surface area contributed by atoms with Gasteiger partial charge in [-0.3, -0.25) is 0 Å². The van der Waals surface area contributed by atoms with Gasteiger partial charge in [0.15, 0.2) is 0 Å². The number of nitrogens with zero attached hydrogens (tertiary/aromatic N) is 1. The van der Waals surface area contributed by atoms with Crippen molar-refractivity contribution >= 4 is 33.4 Å². The van der Waals surface area contributed by atoms with Gasteiger partial charge in [0, 0.05) is 32.5 Å².